The number of rotatable bonds is 0. The molecule has 1 heterocycles. The van der Waals surface area contributed by atoms with Crippen LogP contribution in [0.2, 0.25) is 0 Å². The van der Waals surface area contributed by atoms with Crippen LogP contribution < -0.4 is 5.73 Å². The highest BCUT2D eigenvalue weighted by atomic mass is 32.1. The monoisotopic (exact) mass is 118 g/mol. The first-order valence-electron chi connectivity index (χ1n) is 2.48. The van der Waals surface area contributed by atoms with Gasteiger partial charge in [0.05, 0.1) is 0 Å². The summed E-state index contributed by atoms with van der Waals surface area (Å²) in [5, 5.41) is 0. The third-order valence-electron chi connectivity index (χ3n) is 1.20. The largest absolute Gasteiger partial charge is 0.326 e. The molecule has 7 heavy (non-hydrogen) atoms. The van der Waals surface area contributed by atoms with E-state index in [1.54, 1.807) is 0 Å². The van der Waals surface area contributed by atoms with Crippen LogP contribution in [-0.4, -0.2) is 23.4 Å². The molecule has 1 aliphatic rings. The zero-order valence-electron chi connectivity index (χ0n) is 4.17. The fourth-order valence-electron chi connectivity index (χ4n) is 0.768. The predicted molar refractivity (Wildman–Crippen MR) is 33.2 cm³/mol. The summed E-state index contributed by atoms with van der Waals surface area (Å²) in [6, 6.07) is 0.373. The highest BCUT2D eigenvalue weighted by molar-refractivity contribution is 7.77. The topological polar surface area (TPSA) is 29.3 Å². The van der Waals surface area contributed by atoms with Crippen molar-refractivity contribution in [1.82, 2.24) is 4.31 Å². The summed E-state index contributed by atoms with van der Waals surface area (Å²) in [5.74, 6) is 0. The Labute approximate surface area is 49.2 Å². The molecule has 2 nitrogen and oxygen atoms in total. The molecule has 1 rings (SSSR count). The average molecular weight is 118 g/mol. The van der Waals surface area contributed by atoms with Crippen LogP contribution in [0.5, 0.6) is 0 Å². The average Bonchev–Trinajstić information content (AvgIpc) is 1.87. The minimum absolute atomic E-state index is 0.373. The van der Waals surface area contributed by atoms with E-state index in [4.69, 9.17) is 5.73 Å². The predicted octanol–water partition coefficient (Wildman–Crippen LogP) is -0.136. The molecule has 0 unspecified atom stereocenters. The van der Waals surface area contributed by atoms with Gasteiger partial charge >= 0.3 is 0 Å². The number of nitrogens with zero attached hydrogens (tertiary/aromatic N) is 1. The first-order chi connectivity index (χ1) is 3.29. The van der Waals surface area contributed by atoms with Crippen molar-refractivity contribution in [2.45, 2.75) is 12.5 Å². The quantitative estimate of drug-likeness (QED) is 0.434. The molecule has 0 aromatic rings. The summed E-state index contributed by atoms with van der Waals surface area (Å²) in [4.78, 5) is 0. The van der Waals surface area contributed by atoms with E-state index in [2.05, 4.69) is 12.8 Å². The van der Waals surface area contributed by atoms with Gasteiger partial charge < -0.3 is 5.73 Å². The van der Waals surface area contributed by atoms with Crippen molar-refractivity contribution in [3.05, 3.63) is 0 Å². The molecule has 0 radical (unpaired) electrons. The van der Waals surface area contributed by atoms with E-state index in [9.17, 15) is 0 Å². The first kappa shape index (κ1) is 5.41. The molecule has 1 atom stereocenters. The summed E-state index contributed by atoms with van der Waals surface area (Å²) >= 11 is 4.11. The highest BCUT2D eigenvalue weighted by Gasteiger charge is 2.14. The van der Waals surface area contributed by atoms with Crippen LogP contribution >= 0.6 is 12.8 Å². The molecule has 0 spiro atoms. The van der Waals surface area contributed by atoms with Crippen LogP contribution in [0.4, 0.5) is 0 Å². The second-order valence-electron chi connectivity index (χ2n) is 1.96. The Morgan fingerprint density at radius 2 is 2.43 bits per heavy atom. The van der Waals surface area contributed by atoms with Crippen LogP contribution in [0, 0.1) is 0 Å². The third-order valence-corrected chi connectivity index (χ3v) is 1.57. The molecule has 0 amide bonds. The van der Waals surface area contributed by atoms with Crippen molar-refractivity contribution in [3.63, 3.8) is 0 Å². The lowest BCUT2D eigenvalue weighted by molar-refractivity contribution is 0.581. The van der Waals surface area contributed by atoms with E-state index in [-0.39, 0.29) is 0 Å². The zero-order chi connectivity index (χ0) is 5.28. The molecule has 1 aliphatic heterocycles. The second-order valence-corrected chi connectivity index (χ2v) is 2.53. The SMILES string of the molecule is N[C@H]1CCN(S)C1. The molecule has 1 saturated heterocycles. The summed E-state index contributed by atoms with van der Waals surface area (Å²) in [5.41, 5.74) is 5.53. The fraction of sp³-hybridized carbons (Fsp3) is 1.00. The standard InChI is InChI=1S/C4H10N2S/c5-4-1-2-6(7)3-4/h4,7H,1-3,5H2/t4-/m0/s1. The van der Waals surface area contributed by atoms with Crippen LogP contribution in [0.25, 0.3) is 0 Å². The van der Waals surface area contributed by atoms with E-state index in [0.717, 1.165) is 19.5 Å². The molecule has 42 valence electrons. The summed E-state index contributed by atoms with van der Waals surface area (Å²) in [6.07, 6.45) is 1.10. The van der Waals surface area contributed by atoms with Gasteiger partial charge in [0.1, 0.15) is 0 Å². The molecule has 1 fully saturated rings. The van der Waals surface area contributed by atoms with Gasteiger partial charge in [-0.05, 0) is 6.42 Å². The van der Waals surface area contributed by atoms with Crippen molar-refractivity contribution >= 4 is 12.8 Å². The molecule has 0 aromatic carbocycles. The molecule has 0 aromatic heterocycles. The summed E-state index contributed by atoms with van der Waals surface area (Å²) < 4.78 is 1.95. The van der Waals surface area contributed by atoms with E-state index >= 15 is 0 Å². The van der Waals surface area contributed by atoms with Crippen molar-refractivity contribution in [2.24, 2.45) is 5.73 Å². The zero-order valence-corrected chi connectivity index (χ0v) is 5.06. The Kier molecular flexibility index (Phi) is 1.57. The van der Waals surface area contributed by atoms with Gasteiger partial charge in [-0.15, -0.1) is 0 Å². The van der Waals surface area contributed by atoms with Gasteiger partial charge in [0.15, 0.2) is 0 Å². The van der Waals surface area contributed by atoms with Gasteiger partial charge in [0.25, 0.3) is 0 Å². The molecule has 2 N–H and O–H groups in total. The minimum atomic E-state index is 0.373. The lowest BCUT2D eigenvalue weighted by Gasteiger charge is -2.01. The lowest BCUT2D eigenvalue weighted by Crippen LogP contribution is -2.21. The smallest absolute Gasteiger partial charge is 0.0239 e. The van der Waals surface area contributed by atoms with Gasteiger partial charge in [0.2, 0.25) is 0 Å². The highest BCUT2D eigenvalue weighted by Crippen LogP contribution is 2.07. The van der Waals surface area contributed by atoms with Crippen LogP contribution in [0.15, 0.2) is 0 Å². The Balaban J connectivity index is 2.26. The number of hydrogen-bond acceptors (Lipinski definition) is 3. The molecule has 3 heteroatoms. The third kappa shape index (κ3) is 1.33. The van der Waals surface area contributed by atoms with Gasteiger partial charge in [-0.2, -0.15) is 0 Å². The van der Waals surface area contributed by atoms with Crippen LogP contribution in [-0.2, 0) is 0 Å². The van der Waals surface area contributed by atoms with Crippen molar-refractivity contribution in [2.75, 3.05) is 13.1 Å². The summed E-state index contributed by atoms with van der Waals surface area (Å²) in [7, 11) is 0. The van der Waals surface area contributed by atoms with E-state index in [1.807, 2.05) is 4.31 Å². The normalized spacial score (nSPS) is 34.3. The molecule has 0 bridgehead atoms. The number of hydrogen-bond donors (Lipinski definition) is 2. The first-order valence-corrected chi connectivity index (χ1v) is 2.88. The number of thiol groups is 1. The van der Waals surface area contributed by atoms with Gasteiger partial charge in [-0.25, -0.2) is 0 Å². The van der Waals surface area contributed by atoms with Crippen molar-refractivity contribution in [3.8, 4) is 0 Å². The second kappa shape index (κ2) is 2.03. The van der Waals surface area contributed by atoms with Crippen LogP contribution in [0.3, 0.4) is 0 Å². The van der Waals surface area contributed by atoms with E-state index in [0.29, 0.717) is 6.04 Å². The molecular formula is C4H10N2S. The number of nitrogens with two attached hydrogens (primary N) is 1. The minimum Gasteiger partial charge on any atom is -0.326 e. The summed E-state index contributed by atoms with van der Waals surface area (Å²) in [6.45, 7) is 1.99. The van der Waals surface area contributed by atoms with Gasteiger partial charge in [0, 0.05) is 19.1 Å². The maximum atomic E-state index is 5.53. The van der Waals surface area contributed by atoms with Gasteiger partial charge in [-0.3, -0.25) is 4.31 Å². The molecular weight excluding hydrogens is 108 g/mol. The van der Waals surface area contributed by atoms with Crippen molar-refractivity contribution < 1.29 is 0 Å². The van der Waals surface area contributed by atoms with E-state index < -0.39 is 0 Å². The lowest BCUT2D eigenvalue weighted by atomic mass is 10.3. The van der Waals surface area contributed by atoms with Crippen LogP contribution in [0.1, 0.15) is 6.42 Å². The molecule has 0 saturated carbocycles. The van der Waals surface area contributed by atoms with Crippen molar-refractivity contribution in [1.29, 1.82) is 0 Å². The fourth-order valence-corrected chi connectivity index (χ4v) is 1.09. The maximum absolute atomic E-state index is 5.53. The Morgan fingerprint density at radius 3 is 2.57 bits per heavy atom. The Hall–Kier alpha value is 0.270. The van der Waals surface area contributed by atoms with Gasteiger partial charge in [-0.1, -0.05) is 12.8 Å². The maximum Gasteiger partial charge on any atom is 0.0239 e. The Morgan fingerprint density at radius 1 is 1.71 bits per heavy atom. The van der Waals surface area contributed by atoms with E-state index in [1.165, 1.54) is 0 Å². The Bertz CT molecular complexity index is 58.7. The molecule has 0 aliphatic carbocycles.